The van der Waals surface area contributed by atoms with Crippen LogP contribution in [0.2, 0.25) is 0 Å². The molecule has 5 rings (SSSR count). The molecule has 1 aromatic rings. The van der Waals surface area contributed by atoms with E-state index in [2.05, 4.69) is 24.8 Å². The Kier molecular flexibility index (Phi) is 4.53. The molecule has 4 nitrogen and oxygen atoms in total. The predicted molar refractivity (Wildman–Crippen MR) is 109 cm³/mol. The van der Waals surface area contributed by atoms with Crippen molar-refractivity contribution in [1.29, 1.82) is 0 Å². The highest BCUT2D eigenvalue weighted by molar-refractivity contribution is 5.38. The number of ether oxygens (including phenoxy) is 1. The van der Waals surface area contributed by atoms with Gasteiger partial charge in [-0.25, -0.2) is 0 Å². The molecule has 2 aliphatic carbocycles. The maximum Gasteiger partial charge on any atom is 0.120 e. The standard InChI is InChI=1S/C24H35NO3/c1-23(2)18-13-19-21(28-11-8-24(19,14-18)22(23)27)16-6-7-20(26)17(12-16)15-25-9-4-3-5-10-25/h6-7,12,18-19,21-22,26-27H,3-5,8-11,13-15H2,1-2H3/t18-,19-,21-,22-,24?/m1/s1. The van der Waals surface area contributed by atoms with Gasteiger partial charge in [0.1, 0.15) is 5.75 Å². The van der Waals surface area contributed by atoms with Crippen LogP contribution in [0, 0.1) is 22.7 Å². The van der Waals surface area contributed by atoms with Crippen LogP contribution in [-0.2, 0) is 11.3 Å². The Hall–Kier alpha value is -1.10. The Labute approximate surface area is 168 Å². The molecule has 0 aromatic heterocycles. The first-order valence-corrected chi connectivity index (χ1v) is 11.3. The number of phenolic OH excluding ortho intramolecular Hbond substituents is 1. The average Bonchev–Trinajstić information content (AvgIpc) is 3.18. The SMILES string of the molecule is CC1(C)[C@@H]2C[C@@H]3[C@@H](c4ccc(O)c(CN5CCCCC5)c4)OCCC3(C2)[C@@H]1O. The van der Waals surface area contributed by atoms with Gasteiger partial charge in [-0.15, -0.1) is 0 Å². The number of aromatic hydroxyl groups is 1. The van der Waals surface area contributed by atoms with E-state index in [4.69, 9.17) is 4.74 Å². The van der Waals surface area contributed by atoms with Crippen molar-refractivity contribution in [2.24, 2.45) is 22.7 Å². The van der Waals surface area contributed by atoms with Crippen LogP contribution < -0.4 is 0 Å². The molecule has 1 aromatic carbocycles. The number of fused-ring (bicyclic) bond motifs is 1. The number of phenols is 1. The first-order chi connectivity index (χ1) is 13.4. The maximum atomic E-state index is 11.2. The second-order valence-electron chi connectivity index (χ2n) is 10.5. The molecule has 4 heteroatoms. The lowest BCUT2D eigenvalue weighted by atomic mass is 9.60. The van der Waals surface area contributed by atoms with E-state index in [1.807, 2.05) is 12.1 Å². The third-order valence-corrected chi connectivity index (χ3v) is 8.71. The molecule has 5 atom stereocenters. The minimum Gasteiger partial charge on any atom is -0.508 e. The Morgan fingerprint density at radius 2 is 1.96 bits per heavy atom. The minimum atomic E-state index is -0.236. The molecule has 2 N–H and O–H groups in total. The molecule has 2 heterocycles. The number of hydrogen-bond acceptors (Lipinski definition) is 4. The Balaban J connectivity index is 1.41. The van der Waals surface area contributed by atoms with Gasteiger partial charge in [-0.2, -0.15) is 0 Å². The topological polar surface area (TPSA) is 52.9 Å². The van der Waals surface area contributed by atoms with Gasteiger partial charge < -0.3 is 14.9 Å². The van der Waals surface area contributed by atoms with E-state index in [-0.39, 0.29) is 23.0 Å². The van der Waals surface area contributed by atoms with E-state index >= 15 is 0 Å². The quantitative estimate of drug-likeness (QED) is 0.817. The Bertz CT molecular complexity index is 741. The van der Waals surface area contributed by atoms with Gasteiger partial charge in [0.25, 0.3) is 0 Å². The average molecular weight is 386 g/mol. The van der Waals surface area contributed by atoms with Gasteiger partial charge in [-0.05, 0) is 80.1 Å². The maximum absolute atomic E-state index is 11.2. The van der Waals surface area contributed by atoms with Gasteiger partial charge in [0.05, 0.1) is 12.2 Å². The van der Waals surface area contributed by atoms with Crippen molar-refractivity contribution in [2.45, 2.75) is 71.1 Å². The molecule has 2 saturated carbocycles. The van der Waals surface area contributed by atoms with E-state index in [1.165, 1.54) is 24.8 Å². The summed E-state index contributed by atoms with van der Waals surface area (Å²) in [4.78, 5) is 2.45. The van der Waals surface area contributed by atoms with Gasteiger partial charge in [-0.1, -0.05) is 26.3 Å². The van der Waals surface area contributed by atoms with Crippen molar-refractivity contribution < 1.29 is 14.9 Å². The zero-order valence-corrected chi connectivity index (χ0v) is 17.4. The van der Waals surface area contributed by atoms with Crippen molar-refractivity contribution in [2.75, 3.05) is 19.7 Å². The summed E-state index contributed by atoms with van der Waals surface area (Å²) < 4.78 is 6.32. The van der Waals surface area contributed by atoms with Crippen LogP contribution in [0.1, 0.15) is 69.6 Å². The summed E-state index contributed by atoms with van der Waals surface area (Å²) in [6.07, 6.45) is 6.92. The van der Waals surface area contributed by atoms with E-state index < -0.39 is 0 Å². The fourth-order valence-electron chi connectivity index (χ4n) is 7.02. The largest absolute Gasteiger partial charge is 0.508 e. The molecule has 28 heavy (non-hydrogen) atoms. The summed E-state index contributed by atoms with van der Waals surface area (Å²) >= 11 is 0. The monoisotopic (exact) mass is 385 g/mol. The number of aliphatic hydroxyl groups excluding tert-OH is 1. The first-order valence-electron chi connectivity index (χ1n) is 11.3. The number of nitrogens with zero attached hydrogens (tertiary/aromatic N) is 1. The predicted octanol–water partition coefficient (Wildman–Crippen LogP) is 4.25. The molecule has 1 spiro atoms. The third-order valence-electron chi connectivity index (χ3n) is 8.71. The second-order valence-corrected chi connectivity index (χ2v) is 10.5. The van der Waals surface area contributed by atoms with Gasteiger partial charge in [0, 0.05) is 24.1 Å². The fourth-order valence-corrected chi connectivity index (χ4v) is 7.02. The highest BCUT2D eigenvalue weighted by Gasteiger charge is 2.68. The van der Waals surface area contributed by atoms with Gasteiger partial charge in [-0.3, -0.25) is 4.90 Å². The number of piperidine rings is 1. The van der Waals surface area contributed by atoms with Gasteiger partial charge in [0.2, 0.25) is 0 Å². The van der Waals surface area contributed by atoms with E-state index in [9.17, 15) is 10.2 Å². The summed E-state index contributed by atoms with van der Waals surface area (Å²) in [6, 6.07) is 6.08. The highest BCUT2D eigenvalue weighted by atomic mass is 16.5. The summed E-state index contributed by atoms with van der Waals surface area (Å²) in [5.74, 6) is 1.37. The molecule has 4 aliphatic rings. The molecule has 2 aliphatic heterocycles. The van der Waals surface area contributed by atoms with Crippen LogP contribution >= 0.6 is 0 Å². The number of likely N-dealkylation sites (tertiary alicyclic amines) is 1. The summed E-state index contributed by atoms with van der Waals surface area (Å²) in [5, 5.41) is 21.7. The van der Waals surface area contributed by atoms with E-state index in [1.54, 1.807) is 0 Å². The lowest BCUT2D eigenvalue weighted by Crippen LogP contribution is -2.51. The number of rotatable bonds is 3. The van der Waals surface area contributed by atoms with Crippen LogP contribution in [-0.4, -0.2) is 40.9 Å². The van der Waals surface area contributed by atoms with Gasteiger partial charge >= 0.3 is 0 Å². The van der Waals surface area contributed by atoms with E-state index in [0.29, 0.717) is 17.6 Å². The number of benzene rings is 1. The van der Waals surface area contributed by atoms with Crippen molar-refractivity contribution in [3.8, 4) is 5.75 Å². The molecule has 2 saturated heterocycles. The highest BCUT2D eigenvalue weighted by Crippen LogP contribution is 2.70. The normalized spacial score (nSPS) is 39.8. The molecule has 0 radical (unpaired) electrons. The smallest absolute Gasteiger partial charge is 0.120 e. The van der Waals surface area contributed by atoms with Crippen LogP contribution in [0.5, 0.6) is 5.75 Å². The Morgan fingerprint density at radius 3 is 2.71 bits per heavy atom. The van der Waals surface area contributed by atoms with Crippen LogP contribution in [0.15, 0.2) is 18.2 Å². The van der Waals surface area contributed by atoms with Crippen molar-refractivity contribution in [3.63, 3.8) is 0 Å². The van der Waals surface area contributed by atoms with Crippen molar-refractivity contribution in [3.05, 3.63) is 29.3 Å². The molecule has 2 bridgehead atoms. The molecule has 4 fully saturated rings. The van der Waals surface area contributed by atoms with Crippen LogP contribution in [0.4, 0.5) is 0 Å². The van der Waals surface area contributed by atoms with Crippen LogP contribution in [0.25, 0.3) is 0 Å². The summed E-state index contributed by atoms with van der Waals surface area (Å²) in [5.41, 5.74) is 2.24. The fraction of sp³-hybridized carbons (Fsp3) is 0.750. The number of aliphatic hydroxyl groups is 1. The molecule has 0 amide bonds. The molecular weight excluding hydrogens is 350 g/mol. The third kappa shape index (κ3) is 2.75. The summed E-state index contributed by atoms with van der Waals surface area (Å²) in [7, 11) is 0. The minimum absolute atomic E-state index is 0.0159. The van der Waals surface area contributed by atoms with E-state index in [0.717, 1.165) is 51.1 Å². The lowest BCUT2D eigenvalue weighted by molar-refractivity contribution is -0.164. The van der Waals surface area contributed by atoms with Crippen molar-refractivity contribution in [1.82, 2.24) is 4.90 Å². The molecule has 1 unspecified atom stereocenters. The number of hydrogen-bond donors (Lipinski definition) is 2. The Morgan fingerprint density at radius 1 is 1.18 bits per heavy atom. The first kappa shape index (κ1) is 18.9. The van der Waals surface area contributed by atoms with Crippen LogP contribution in [0.3, 0.4) is 0 Å². The zero-order chi connectivity index (χ0) is 19.5. The summed E-state index contributed by atoms with van der Waals surface area (Å²) in [6.45, 7) is 8.28. The molecule has 154 valence electrons. The molecular formula is C24H35NO3. The second kappa shape index (κ2) is 6.72. The zero-order valence-electron chi connectivity index (χ0n) is 17.4. The van der Waals surface area contributed by atoms with Crippen molar-refractivity contribution >= 4 is 0 Å². The lowest BCUT2D eigenvalue weighted by Gasteiger charge is -2.51. The van der Waals surface area contributed by atoms with Gasteiger partial charge in [0.15, 0.2) is 0 Å².